The smallest absolute Gasteiger partial charge is 0.490 e. The molecule has 0 amide bonds. The van der Waals surface area contributed by atoms with Crippen LogP contribution in [0.4, 0.5) is 17.1 Å². The quantitative estimate of drug-likeness (QED) is 0.337. The lowest BCUT2D eigenvalue weighted by molar-refractivity contribution is 0.307. The summed E-state index contributed by atoms with van der Waals surface area (Å²) >= 11 is 0. The molecule has 7 heteroatoms. The summed E-state index contributed by atoms with van der Waals surface area (Å²) in [6.07, 6.45) is 7.55. The van der Waals surface area contributed by atoms with Gasteiger partial charge in [-0.3, -0.25) is 0 Å². The Morgan fingerprint density at radius 2 is 0.622 bits per heavy atom. The minimum absolute atomic E-state index is 0.718. The zero-order chi connectivity index (χ0) is 24.9. The predicted molar refractivity (Wildman–Crippen MR) is 151 cm³/mol. The second-order valence-electron chi connectivity index (χ2n) is 10.2. The van der Waals surface area contributed by atoms with Gasteiger partial charge in [0.2, 0.25) is 0 Å². The van der Waals surface area contributed by atoms with E-state index < -0.39 is 7.32 Å². The van der Waals surface area contributed by atoms with Gasteiger partial charge in [-0.1, -0.05) is 0 Å². The average Bonchev–Trinajstić information content (AvgIpc) is 3.74. The Morgan fingerprint density at radius 3 is 0.865 bits per heavy atom. The SMILES string of the molecule is c1cc(N2CCCC2)ccc1OB(Oc1ccc(N2CCCC2)cc1)Oc1ccc(N2CCCC2)cc1. The molecule has 3 aromatic carbocycles. The van der Waals surface area contributed by atoms with Gasteiger partial charge < -0.3 is 28.7 Å². The molecule has 0 saturated carbocycles. The van der Waals surface area contributed by atoms with Gasteiger partial charge in [0.1, 0.15) is 17.2 Å². The standard InChI is InChI=1S/C30H36BN3O3/c1-2-20-32(19-1)25-7-13-28(14-8-25)35-31(36-29-15-9-26(10-16-29)33-21-3-4-22-33)37-30-17-11-27(12-18-30)34-23-5-6-24-34/h7-18H,1-6,19-24H2. The van der Waals surface area contributed by atoms with E-state index in [0.29, 0.717) is 0 Å². The van der Waals surface area contributed by atoms with Crippen molar-refractivity contribution in [3.63, 3.8) is 0 Å². The Bertz CT molecular complexity index is 976. The van der Waals surface area contributed by atoms with Crippen LogP contribution in [0.15, 0.2) is 72.8 Å². The highest BCUT2D eigenvalue weighted by atomic mass is 16.7. The lowest BCUT2D eigenvalue weighted by atomic mass is 10.1. The average molecular weight is 497 g/mol. The van der Waals surface area contributed by atoms with Gasteiger partial charge in [0.25, 0.3) is 0 Å². The molecule has 0 bridgehead atoms. The maximum absolute atomic E-state index is 6.22. The van der Waals surface area contributed by atoms with E-state index in [2.05, 4.69) is 51.1 Å². The maximum Gasteiger partial charge on any atom is 0.864 e. The van der Waals surface area contributed by atoms with Crippen LogP contribution in [0.2, 0.25) is 0 Å². The van der Waals surface area contributed by atoms with E-state index in [1.165, 1.54) is 55.6 Å². The molecule has 0 aromatic heterocycles. The molecule has 0 atom stereocenters. The molecule has 3 saturated heterocycles. The number of hydrogen-bond donors (Lipinski definition) is 0. The second kappa shape index (κ2) is 11.3. The lowest BCUT2D eigenvalue weighted by Crippen LogP contribution is -2.37. The van der Waals surface area contributed by atoms with Crippen LogP contribution >= 0.6 is 0 Å². The first-order valence-electron chi connectivity index (χ1n) is 13.9. The fourth-order valence-corrected chi connectivity index (χ4v) is 5.54. The Balaban J connectivity index is 1.16. The molecule has 6 nitrogen and oxygen atoms in total. The summed E-state index contributed by atoms with van der Waals surface area (Å²) in [5.74, 6) is 2.15. The first-order valence-corrected chi connectivity index (χ1v) is 13.9. The molecule has 192 valence electrons. The number of rotatable bonds is 9. The van der Waals surface area contributed by atoms with Gasteiger partial charge in [-0.15, -0.1) is 0 Å². The van der Waals surface area contributed by atoms with E-state index in [1.54, 1.807) is 0 Å². The van der Waals surface area contributed by atoms with E-state index in [-0.39, 0.29) is 0 Å². The van der Waals surface area contributed by atoms with Gasteiger partial charge in [0, 0.05) is 56.3 Å². The van der Waals surface area contributed by atoms with Crippen molar-refractivity contribution in [1.29, 1.82) is 0 Å². The van der Waals surface area contributed by atoms with Crippen LogP contribution in [-0.4, -0.2) is 46.6 Å². The third-order valence-corrected chi connectivity index (χ3v) is 7.62. The molecule has 3 fully saturated rings. The molecule has 3 heterocycles. The van der Waals surface area contributed by atoms with Gasteiger partial charge in [-0.25, -0.2) is 0 Å². The molecule has 3 aromatic rings. The number of nitrogens with zero attached hydrogens (tertiary/aromatic N) is 3. The van der Waals surface area contributed by atoms with Crippen molar-refractivity contribution in [3.8, 4) is 17.2 Å². The Kier molecular flexibility index (Phi) is 7.29. The third-order valence-electron chi connectivity index (χ3n) is 7.62. The van der Waals surface area contributed by atoms with Crippen molar-refractivity contribution in [1.82, 2.24) is 0 Å². The first-order chi connectivity index (χ1) is 18.3. The molecule has 0 N–H and O–H groups in total. The van der Waals surface area contributed by atoms with Crippen molar-refractivity contribution in [2.24, 2.45) is 0 Å². The molecule has 0 radical (unpaired) electrons. The summed E-state index contributed by atoms with van der Waals surface area (Å²) in [5, 5.41) is 0. The minimum atomic E-state index is -0.909. The van der Waals surface area contributed by atoms with Gasteiger partial charge in [-0.2, -0.15) is 0 Å². The highest BCUT2D eigenvalue weighted by Crippen LogP contribution is 2.27. The summed E-state index contributed by atoms with van der Waals surface area (Å²) in [7, 11) is -0.909. The fourth-order valence-electron chi connectivity index (χ4n) is 5.54. The molecular formula is C30H36BN3O3. The Morgan fingerprint density at radius 1 is 0.378 bits per heavy atom. The van der Waals surface area contributed by atoms with E-state index in [9.17, 15) is 0 Å². The van der Waals surface area contributed by atoms with Gasteiger partial charge in [0.15, 0.2) is 0 Å². The van der Waals surface area contributed by atoms with Crippen molar-refractivity contribution < 1.29 is 14.0 Å². The Labute approximate surface area is 220 Å². The second-order valence-corrected chi connectivity index (χ2v) is 10.2. The summed E-state index contributed by atoms with van der Waals surface area (Å²) in [6, 6.07) is 24.7. The van der Waals surface area contributed by atoms with Gasteiger partial charge in [-0.05, 0) is 111 Å². The van der Waals surface area contributed by atoms with Crippen LogP contribution in [-0.2, 0) is 0 Å². The fraction of sp³-hybridized carbons (Fsp3) is 0.400. The van der Waals surface area contributed by atoms with Crippen LogP contribution in [0.3, 0.4) is 0 Å². The molecule has 37 heavy (non-hydrogen) atoms. The first kappa shape index (κ1) is 23.9. The molecule has 6 rings (SSSR count). The van der Waals surface area contributed by atoms with E-state index in [1.807, 2.05) is 36.4 Å². The van der Waals surface area contributed by atoms with Crippen molar-refractivity contribution >= 4 is 24.4 Å². The molecular weight excluding hydrogens is 461 g/mol. The van der Waals surface area contributed by atoms with E-state index in [4.69, 9.17) is 14.0 Å². The predicted octanol–water partition coefficient (Wildman–Crippen LogP) is 6.01. The summed E-state index contributed by atoms with van der Waals surface area (Å²) in [4.78, 5) is 7.24. The Hall–Kier alpha value is -3.48. The van der Waals surface area contributed by atoms with Crippen LogP contribution in [0, 0.1) is 0 Å². The monoisotopic (exact) mass is 497 g/mol. The third kappa shape index (κ3) is 5.92. The van der Waals surface area contributed by atoms with Crippen LogP contribution in [0.5, 0.6) is 17.2 Å². The maximum atomic E-state index is 6.22. The molecule has 0 aliphatic carbocycles. The molecule has 0 spiro atoms. The van der Waals surface area contributed by atoms with E-state index in [0.717, 1.165) is 56.5 Å². The normalized spacial score (nSPS) is 17.4. The highest BCUT2D eigenvalue weighted by Gasteiger charge is 2.30. The van der Waals surface area contributed by atoms with Crippen LogP contribution < -0.4 is 28.7 Å². The highest BCUT2D eigenvalue weighted by molar-refractivity contribution is 6.39. The van der Waals surface area contributed by atoms with E-state index >= 15 is 0 Å². The van der Waals surface area contributed by atoms with Gasteiger partial charge >= 0.3 is 7.32 Å². The number of anilines is 3. The van der Waals surface area contributed by atoms with Crippen LogP contribution in [0.25, 0.3) is 0 Å². The van der Waals surface area contributed by atoms with Crippen molar-refractivity contribution in [2.75, 3.05) is 54.0 Å². The van der Waals surface area contributed by atoms with Gasteiger partial charge in [0.05, 0.1) is 0 Å². The minimum Gasteiger partial charge on any atom is -0.490 e. The van der Waals surface area contributed by atoms with Crippen LogP contribution in [0.1, 0.15) is 38.5 Å². The van der Waals surface area contributed by atoms with Crippen molar-refractivity contribution in [2.45, 2.75) is 38.5 Å². The zero-order valence-corrected chi connectivity index (χ0v) is 21.6. The summed E-state index contributed by atoms with van der Waals surface area (Å²) in [6.45, 7) is 6.73. The molecule has 3 aliphatic rings. The molecule has 0 unspecified atom stereocenters. The number of hydrogen-bond acceptors (Lipinski definition) is 6. The summed E-state index contributed by atoms with van der Waals surface area (Å²) in [5.41, 5.74) is 3.70. The summed E-state index contributed by atoms with van der Waals surface area (Å²) < 4.78 is 18.6. The topological polar surface area (TPSA) is 37.4 Å². The number of benzene rings is 3. The van der Waals surface area contributed by atoms with Crippen molar-refractivity contribution in [3.05, 3.63) is 72.8 Å². The molecule has 3 aliphatic heterocycles. The lowest BCUT2D eigenvalue weighted by Gasteiger charge is -2.21. The zero-order valence-electron chi connectivity index (χ0n) is 21.6. The largest absolute Gasteiger partial charge is 0.864 e.